The van der Waals surface area contributed by atoms with Crippen LogP contribution in [-0.4, -0.2) is 44.5 Å². The molecule has 0 aromatic heterocycles. The highest BCUT2D eigenvalue weighted by Gasteiger charge is 2.26. The quantitative estimate of drug-likeness (QED) is 0.634. The van der Waals surface area contributed by atoms with Gasteiger partial charge in [0.1, 0.15) is 12.2 Å². The summed E-state index contributed by atoms with van der Waals surface area (Å²) in [6, 6.07) is 9.25. The predicted molar refractivity (Wildman–Crippen MR) is 75.6 cm³/mol. The van der Waals surface area contributed by atoms with Crippen molar-refractivity contribution in [2.45, 2.75) is 12.2 Å². The number of amides is 1. The normalized spacial score (nSPS) is 22.2. The van der Waals surface area contributed by atoms with E-state index in [-0.39, 0.29) is 5.91 Å². The number of anilines is 1. The Morgan fingerprint density at radius 1 is 1.25 bits per heavy atom. The van der Waals surface area contributed by atoms with Gasteiger partial charge in [0.2, 0.25) is 5.91 Å². The fraction of sp³-hybridized carbons (Fsp3) is 0.400. The smallest absolute Gasteiger partial charge is 0.247 e. The number of rotatable bonds is 6. The zero-order valence-corrected chi connectivity index (χ0v) is 11.3. The third-order valence-corrected chi connectivity index (χ3v) is 2.64. The Kier molecular flexibility index (Phi) is 5.73. The van der Waals surface area contributed by atoms with E-state index < -0.39 is 0 Å². The van der Waals surface area contributed by atoms with Crippen molar-refractivity contribution in [3.8, 4) is 0 Å². The Bertz CT molecular complexity index is 415. The van der Waals surface area contributed by atoms with Gasteiger partial charge >= 0.3 is 0 Å². The van der Waals surface area contributed by atoms with Crippen LogP contribution in [-0.2, 0) is 19.0 Å². The van der Waals surface area contributed by atoms with E-state index in [2.05, 4.69) is 11.9 Å². The molecule has 1 aromatic carbocycles. The Morgan fingerprint density at radius 3 is 2.25 bits per heavy atom. The van der Waals surface area contributed by atoms with Crippen LogP contribution in [0.3, 0.4) is 0 Å². The molecule has 20 heavy (non-hydrogen) atoms. The zero-order valence-electron chi connectivity index (χ0n) is 11.3. The first-order valence-corrected chi connectivity index (χ1v) is 6.57. The molecule has 0 aliphatic carbocycles. The maximum Gasteiger partial charge on any atom is 0.247 e. The van der Waals surface area contributed by atoms with E-state index in [4.69, 9.17) is 14.2 Å². The largest absolute Gasteiger partial charge is 0.376 e. The van der Waals surface area contributed by atoms with E-state index >= 15 is 0 Å². The summed E-state index contributed by atoms with van der Waals surface area (Å²) in [4.78, 5) is 10.8. The van der Waals surface area contributed by atoms with E-state index in [1.165, 1.54) is 6.08 Å². The molecule has 3 rings (SSSR count). The van der Waals surface area contributed by atoms with Gasteiger partial charge in [0, 0.05) is 5.69 Å². The second-order valence-corrected chi connectivity index (χ2v) is 4.51. The Labute approximate surface area is 118 Å². The minimum Gasteiger partial charge on any atom is -0.376 e. The average Bonchev–Trinajstić information content (AvgIpc) is 3.35. The molecule has 0 saturated carbocycles. The number of hydrogen-bond acceptors (Lipinski definition) is 4. The van der Waals surface area contributed by atoms with Crippen molar-refractivity contribution < 1.29 is 19.0 Å². The third kappa shape index (κ3) is 6.47. The molecule has 1 N–H and O–H groups in total. The standard InChI is InChI=1S/C9H9NO.C6H10O3/c1-2-9(11)10-8-6-4-3-5-7-8;1(5-3-8-5)7-2-6-4-9-6/h2-7H,1H2,(H,10,11);5-6H,1-4H2. The maximum absolute atomic E-state index is 10.8. The molecule has 2 saturated heterocycles. The lowest BCUT2D eigenvalue weighted by Crippen LogP contribution is -2.06. The van der Waals surface area contributed by atoms with Gasteiger partial charge in [-0.15, -0.1) is 0 Å². The highest BCUT2D eigenvalue weighted by molar-refractivity contribution is 5.98. The summed E-state index contributed by atoms with van der Waals surface area (Å²) in [5, 5.41) is 2.63. The fourth-order valence-electron chi connectivity index (χ4n) is 1.37. The van der Waals surface area contributed by atoms with Crippen LogP contribution in [0.5, 0.6) is 0 Å². The van der Waals surface area contributed by atoms with Crippen LogP contribution < -0.4 is 5.32 Å². The lowest BCUT2D eigenvalue weighted by Gasteiger charge is -1.98. The van der Waals surface area contributed by atoms with Crippen molar-refractivity contribution >= 4 is 11.6 Å². The minimum atomic E-state index is -0.184. The van der Waals surface area contributed by atoms with Crippen LogP contribution in [0.25, 0.3) is 0 Å². The van der Waals surface area contributed by atoms with E-state index in [0.717, 1.165) is 32.1 Å². The zero-order chi connectivity index (χ0) is 14.2. The van der Waals surface area contributed by atoms with E-state index in [1.54, 1.807) is 0 Å². The van der Waals surface area contributed by atoms with Gasteiger partial charge in [-0.3, -0.25) is 4.79 Å². The van der Waals surface area contributed by atoms with Crippen LogP contribution in [0.1, 0.15) is 0 Å². The van der Waals surface area contributed by atoms with Gasteiger partial charge in [0.15, 0.2) is 0 Å². The Morgan fingerprint density at radius 2 is 1.80 bits per heavy atom. The molecule has 5 heteroatoms. The molecule has 1 aromatic rings. The summed E-state index contributed by atoms with van der Waals surface area (Å²) in [5.41, 5.74) is 0.789. The number of epoxide rings is 2. The third-order valence-electron chi connectivity index (χ3n) is 2.64. The number of carbonyl (C=O) groups excluding carboxylic acids is 1. The molecule has 0 spiro atoms. The molecule has 1 amide bonds. The number of nitrogens with one attached hydrogen (secondary N) is 1. The number of ether oxygens (including phenoxy) is 3. The van der Waals surface area contributed by atoms with E-state index in [9.17, 15) is 4.79 Å². The Hall–Kier alpha value is -1.69. The van der Waals surface area contributed by atoms with E-state index in [0.29, 0.717) is 12.2 Å². The van der Waals surface area contributed by atoms with Crippen LogP contribution in [0, 0.1) is 0 Å². The highest BCUT2D eigenvalue weighted by Crippen LogP contribution is 2.12. The topological polar surface area (TPSA) is 63.4 Å². The molecular weight excluding hydrogens is 258 g/mol. The Balaban J connectivity index is 0.000000149. The minimum absolute atomic E-state index is 0.184. The highest BCUT2D eigenvalue weighted by atomic mass is 16.6. The SMILES string of the molecule is C(OCC1CO1)C1CO1.C=CC(=O)Nc1ccccc1. The maximum atomic E-state index is 10.8. The van der Waals surface area contributed by atoms with Crippen molar-refractivity contribution in [2.75, 3.05) is 31.7 Å². The molecule has 2 aliphatic rings. The summed E-state index contributed by atoms with van der Waals surface area (Å²) < 4.78 is 15.1. The molecular formula is C15H19NO4. The van der Waals surface area contributed by atoms with Crippen molar-refractivity contribution in [1.82, 2.24) is 0 Å². The average molecular weight is 277 g/mol. The summed E-state index contributed by atoms with van der Waals surface area (Å²) in [5.74, 6) is -0.184. The van der Waals surface area contributed by atoms with Crippen molar-refractivity contribution in [3.63, 3.8) is 0 Å². The predicted octanol–water partition coefficient (Wildman–Crippen LogP) is 1.61. The van der Waals surface area contributed by atoms with Gasteiger partial charge in [-0.05, 0) is 18.2 Å². The van der Waals surface area contributed by atoms with Crippen LogP contribution >= 0.6 is 0 Å². The summed E-state index contributed by atoms with van der Waals surface area (Å²) >= 11 is 0. The first-order valence-electron chi connectivity index (χ1n) is 6.57. The van der Waals surface area contributed by atoms with E-state index in [1.807, 2.05) is 30.3 Å². The van der Waals surface area contributed by atoms with Gasteiger partial charge in [0.05, 0.1) is 26.4 Å². The second-order valence-electron chi connectivity index (χ2n) is 4.51. The lowest BCUT2D eigenvalue weighted by molar-refractivity contribution is -0.111. The summed E-state index contributed by atoms with van der Waals surface area (Å²) in [6.07, 6.45) is 2.03. The lowest BCUT2D eigenvalue weighted by atomic mass is 10.3. The fourth-order valence-corrected chi connectivity index (χ4v) is 1.37. The molecule has 0 bridgehead atoms. The number of hydrogen-bond donors (Lipinski definition) is 1. The molecule has 2 fully saturated rings. The van der Waals surface area contributed by atoms with Gasteiger partial charge < -0.3 is 19.5 Å². The number of carbonyl (C=O) groups is 1. The van der Waals surface area contributed by atoms with Crippen molar-refractivity contribution in [3.05, 3.63) is 43.0 Å². The molecule has 2 atom stereocenters. The first kappa shape index (κ1) is 14.7. The monoisotopic (exact) mass is 277 g/mol. The molecule has 0 radical (unpaired) electrons. The van der Waals surface area contributed by atoms with Gasteiger partial charge in [0.25, 0.3) is 0 Å². The molecule has 2 unspecified atom stereocenters. The van der Waals surface area contributed by atoms with Crippen molar-refractivity contribution in [2.24, 2.45) is 0 Å². The molecule has 108 valence electrons. The molecule has 5 nitrogen and oxygen atoms in total. The molecule has 2 aliphatic heterocycles. The number of benzene rings is 1. The van der Waals surface area contributed by atoms with Gasteiger partial charge in [-0.25, -0.2) is 0 Å². The van der Waals surface area contributed by atoms with Gasteiger partial charge in [-0.2, -0.15) is 0 Å². The second kappa shape index (κ2) is 7.79. The number of para-hydroxylation sites is 1. The summed E-state index contributed by atoms with van der Waals surface area (Å²) in [6.45, 7) is 6.61. The van der Waals surface area contributed by atoms with Gasteiger partial charge in [-0.1, -0.05) is 24.8 Å². The molecule has 2 heterocycles. The van der Waals surface area contributed by atoms with Crippen molar-refractivity contribution in [1.29, 1.82) is 0 Å². The van der Waals surface area contributed by atoms with Crippen LogP contribution in [0.4, 0.5) is 5.69 Å². The van der Waals surface area contributed by atoms with Crippen LogP contribution in [0.2, 0.25) is 0 Å². The summed E-state index contributed by atoms with van der Waals surface area (Å²) in [7, 11) is 0. The first-order chi connectivity index (χ1) is 9.78. The van der Waals surface area contributed by atoms with Crippen LogP contribution in [0.15, 0.2) is 43.0 Å².